The summed E-state index contributed by atoms with van der Waals surface area (Å²) in [5, 5.41) is 20.5. The van der Waals surface area contributed by atoms with Gasteiger partial charge in [0.15, 0.2) is 0 Å². The van der Waals surface area contributed by atoms with E-state index in [4.69, 9.17) is 0 Å². The first-order valence-corrected chi connectivity index (χ1v) is 11.8. The fraction of sp³-hybridized carbons (Fsp3) is 0.556. The third-order valence-electron chi connectivity index (χ3n) is 7.39. The minimum absolute atomic E-state index is 0.324. The highest BCUT2D eigenvalue weighted by atomic mass is 16.3. The monoisotopic (exact) mass is 392 g/mol. The van der Waals surface area contributed by atoms with Gasteiger partial charge in [0.25, 0.3) is 0 Å². The van der Waals surface area contributed by atoms with Crippen LogP contribution < -0.4 is 0 Å². The molecule has 0 heterocycles. The van der Waals surface area contributed by atoms with Crippen LogP contribution in [0.15, 0.2) is 36.4 Å². The molecule has 2 aromatic carbocycles. The van der Waals surface area contributed by atoms with Gasteiger partial charge in [0.2, 0.25) is 0 Å². The summed E-state index contributed by atoms with van der Waals surface area (Å²) in [5.74, 6) is 2.24. The number of rotatable bonds is 5. The van der Waals surface area contributed by atoms with Crippen LogP contribution in [-0.2, 0) is 0 Å². The van der Waals surface area contributed by atoms with Crippen molar-refractivity contribution in [3.8, 4) is 11.5 Å². The minimum Gasteiger partial charge on any atom is -0.508 e. The Kier molecular flexibility index (Phi) is 6.47. The zero-order valence-corrected chi connectivity index (χ0v) is 17.9. The predicted molar refractivity (Wildman–Crippen MR) is 120 cm³/mol. The number of phenols is 2. The van der Waals surface area contributed by atoms with Crippen molar-refractivity contribution < 1.29 is 10.2 Å². The quantitative estimate of drug-likeness (QED) is 0.546. The fourth-order valence-electron chi connectivity index (χ4n) is 5.90. The molecular weight excluding hydrogens is 356 g/mol. The third kappa shape index (κ3) is 4.47. The van der Waals surface area contributed by atoms with Crippen LogP contribution in [0, 0.1) is 0 Å². The Balaban J connectivity index is 1.76. The molecule has 0 radical (unpaired) electrons. The summed E-state index contributed by atoms with van der Waals surface area (Å²) in [6.07, 6.45) is 13.8. The molecular formula is C27H36O2. The molecule has 29 heavy (non-hydrogen) atoms. The Morgan fingerprint density at radius 2 is 1.10 bits per heavy atom. The molecule has 2 fully saturated rings. The number of aromatic hydroxyl groups is 2. The Hall–Kier alpha value is -1.96. The maximum Gasteiger partial charge on any atom is 0.115 e. The Labute approximate surface area is 176 Å². The maximum atomic E-state index is 10.3. The highest BCUT2D eigenvalue weighted by molar-refractivity contribution is 5.48. The average Bonchev–Trinajstić information content (AvgIpc) is 2.77. The van der Waals surface area contributed by atoms with Gasteiger partial charge < -0.3 is 10.2 Å². The molecule has 2 aliphatic rings. The van der Waals surface area contributed by atoms with E-state index >= 15 is 0 Å². The first-order valence-electron chi connectivity index (χ1n) is 11.8. The van der Waals surface area contributed by atoms with Gasteiger partial charge in [-0.2, -0.15) is 0 Å². The van der Waals surface area contributed by atoms with Crippen molar-refractivity contribution in [1.29, 1.82) is 0 Å². The molecule has 2 nitrogen and oxygen atoms in total. The van der Waals surface area contributed by atoms with Crippen LogP contribution in [0.4, 0.5) is 0 Å². The van der Waals surface area contributed by atoms with Crippen molar-refractivity contribution in [2.75, 3.05) is 0 Å². The molecule has 0 unspecified atom stereocenters. The lowest BCUT2D eigenvalue weighted by molar-refractivity contribution is 0.430. The average molecular weight is 393 g/mol. The molecule has 2 saturated carbocycles. The molecule has 4 rings (SSSR count). The Morgan fingerprint density at radius 3 is 1.48 bits per heavy atom. The molecule has 0 aliphatic heterocycles. The molecule has 2 aliphatic carbocycles. The summed E-state index contributed by atoms with van der Waals surface area (Å²) in [5.41, 5.74) is 5.50. The second-order valence-corrected chi connectivity index (χ2v) is 9.26. The van der Waals surface area contributed by atoms with E-state index in [1.54, 1.807) is 0 Å². The highest BCUT2D eigenvalue weighted by Gasteiger charge is 2.27. The van der Waals surface area contributed by atoms with Gasteiger partial charge in [-0.05, 0) is 90.5 Å². The van der Waals surface area contributed by atoms with Crippen LogP contribution in [0.2, 0.25) is 0 Å². The van der Waals surface area contributed by atoms with Crippen molar-refractivity contribution in [2.45, 2.75) is 95.3 Å². The summed E-state index contributed by atoms with van der Waals surface area (Å²) >= 11 is 0. The summed E-state index contributed by atoms with van der Waals surface area (Å²) in [6, 6.07) is 12.1. The van der Waals surface area contributed by atoms with Crippen LogP contribution in [0.25, 0.3) is 0 Å². The minimum atomic E-state index is 0.324. The molecule has 2 heteroatoms. The van der Waals surface area contributed by atoms with Crippen LogP contribution >= 0.6 is 0 Å². The van der Waals surface area contributed by atoms with Crippen molar-refractivity contribution in [2.24, 2.45) is 0 Å². The van der Waals surface area contributed by atoms with E-state index in [1.807, 2.05) is 24.3 Å². The molecule has 0 spiro atoms. The van der Waals surface area contributed by atoms with E-state index in [2.05, 4.69) is 19.1 Å². The van der Waals surface area contributed by atoms with Gasteiger partial charge in [0.1, 0.15) is 11.5 Å². The van der Waals surface area contributed by atoms with Crippen molar-refractivity contribution in [1.82, 2.24) is 0 Å². The SMILES string of the molecule is CCC(c1ccc(O)cc1C1CCCCC1)c1ccc(O)cc1C1CCCCC1. The molecule has 2 aromatic rings. The Bertz CT molecular complexity index is 746. The lowest BCUT2D eigenvalue weighted by Gasteiger charge is -2.31. The van der Waals surface area contributed by atoms with Crippen LogP contribution in [0.5, 0.6) is 11.5 Å². The summed E-state index contributed by atoms with van der Waals surface area (Å²) < 4.78 is 0. The second kappa shape index (κ2) is 9.24. The second-order valence-electron chi connectivity index (χ2n) is 9.26. The summed E-state index contributed by atoms with van der Waals surface area (Å²) in [7, 11) is 0. The largest absolute Gasteiger partial charge is 0.508 e. The zero-order chi connectivity index (χ0) is 20.2. The summed E-state index contributed by atoms with van der Waals surface area (Å²) in [6.45, 7) is 2.28. The van der Waals surface area contributed by atoms with Gasteiger partial charge in [-0.15, -0.1) is 0 Å². The predicted octanol–water partition coefficient (Wildman–Crippen LogP) is 7.74. The van der Waals surface area contributed by atoms with Crippen LogP contribution in [-0.4, -0.2) is 10.2 Å². The zero-order valence-electron chi connectivity index (χ0n) is 17.9. The van der Waals surface area contributed by atoms with E-state index in [-0.39, 0.29) is 0 Å². The molecule has 0 amide bonds. The van der Waals surface area contributed by atoms with E-state index < -0.39 is 0 Å². The Morgan fingerprint density at radius 1 is 0.690 bits per heavy atom. The van der Waals surface area contributed by atoms with Crippen molar-refractivity contribution in [3.05, 3.63) is 58.7 Å². The molecule has 156 valence electrons. The number of hydrogen-bond acceptors (Lipinski definition) is 2. The standard InChI is InChI=1S/C27H36O2/c1-2-23(24-15-13-21(28)17-26(24)19-9-5-3-6-10-19)25-16-14-22(29)18-27(25)20-11-7-4-8-12-20/h13-20,23,28-29H,2-12H2,1H3. The van der Waals surface area contributed by atoms with Gasteiger partial charge >= 0.3 is 0 Å². The molecule has 0 atom stereocenters. The van der Waals surface area contributed by atoms with E-state index in [1.165, 1.54) is 86.5 Å². The van der Waals surface area contributed by atoms with E-state index in [9.17, 15) is 10.2 Å². The van der Waals surface area contributed by atoms with E-state index in [0.717, 1.165) is 6.42 Å². The molecule has 2 N–H and O–H groups in total. The number of benzene rings is 2. The maximum absolute atomic E-state index is 10.3. The topological polar surface area (TPSA) is 40.5 Å². The molecule has 0 aromatic heterocycles. The fourth-order valence-corrected chi connectivity index (χ4v) is 5.90. The smallest absolute Gasteiger partial charge is 0.115 e. The highest BCUT2D eigenvalue weighted by Crippen LogP contribution is 2.44. The van der Waals surface area contributed by atoms with Gasteiger partial charge in [-0.1, -0.05) is 57.6 Å². The van der Waals surface area contributed by atoms with Crippen molar-refractivity contribution >= 4 is 0 Å². The summed E-state index contributed by atoms with van der Waals surface area (Å²) in [4.78, 5) is 0. The lowest BCUT2D eigenvalue weighted by atomic mass is 9.74. The lowest BCUT2D eigenvalue weighted by Crippen LogP contribution is -2.14. The molecule has 0 bridgehead atoms. The van der Waals surface area contributed by atoms with Gasteiger partial charge in [0, 0.05) is 5.92 Å². The van der Waals surface area contributed by atoms with Crippen LogP contribution in [0.3, 0.4) is 0 Å². The number of hydrogen-bond donors (Lipinski definition) is 2. The van der Waals surface area contributed by atoms with E-state index in [0.29, 0.717) is 29.3 Å². The van der Waals surface area contributed by atoms with Gasteiger partial charge in [-0.3, -0.25) is 0 Å². The van der Waals surface area contributed by atoms with Crippen molar-refractivity contribution in [3.63, 3.8) is 0 Å². The normalized spacial score (nSPS) is 19.0. The molecule has 0 saturated heterocycles. The third-order valence-corrected chi connectivity index (χ3v) is 7.39. The first-order chi connectivity index (χ1) is 14.2. The van der Waals surface area contributed by atoms with Crippen LogP contribution in [0.1, 0.15) is 118 Å². The first kappa shape index (κ1) is 20.3. The number of phenolic OH excluding ortho intramolecular Hbond substituents is 2. The van der Waals surface area contributed by atoms with Gasteiger partial charge in [0.05, 0.1) is 0 Å². The van der Waals surface area contributed by atoms with Gasteiger partial charge in [-0.25, -0.2) is 0 Å².